The van der Waals surface area contributed by atoms with Gasteiger partial charge in [0.1, 0.15) is 5.75 Å². The van der Waals surface area contributed by atoms with Crippen LogP contribution in [-0.4, -0.2) is 63.8 Å². The summed E-state index contributed by atoms with van der Waals surface area (Å²) in [6.07, 6.45) is -5.33. The van der Waals surface area contributed by atoms with Crippen LogP contribution in [0.25, 0.3) is 0 Å². The fraction of sp³-hybridized carbons (Fsp3) is 0.524. The Labute approximate surface area is 183 Å². The van der Waals surface area contributed by atoms with E-state index in [4.69, 9.17) is 14.2 Å². The molecule has 1 aromatic rings. The summed E-state index contributed by atoms with van der Waals surface area (Å²) >= 11 is 0. The van der Waals surface area contributed by atoms with Crippen LogP contribution in [-0.2, 0) is 28.7 Å². The molecule has 6 atom stereocenters. The number of carbonyl (C=O) groups excluding carboxylic acids is 1. The molecule has 0 amide bonds. The van der Waals surface area contributed by atoms with Gasteiger partial charge >= 0.3 is 23.9 Å². The Kier molecular flexibility index (Phi) is 8.56. The molecule has 1 saturated heterocycles. The van der Waals surface area contributed by atoms with Crippen molar-refractivity contribution in [1.82, 2.24) is 0 Å². The van der Waals surface area contributed by atoms with Crippen molar-refractivity contribution in [3.05, 3.63) is 29.8 Å². The van der Waals surface area contributed by atoms with Gasteiger partial charge in [-0.2, -0.15) is 0 Å². The van der Waals surface area contributed by atoms with E-state index < -0.39 is 79.4 Å². The lowest BCUT2D eigenvalue weighted by Crippen LogP contribution is -2.54. The van der Waals surface area contributed by atoms with Gasteiger partial charge in [0.2, 0.25) is 6.29 Å². The van der Waals surface area contributed by atoms with Gasteiger partial charge in [0.15, 0.2) is 6.10 Å². The van der Waals surface area contributed by atoms with E-state index in [0.29, 0.717) is 5.56 Å². The molecule has 1 aliphatic rings. The monoisotopic (exact) mass is 454 g/mol. The van der Waals surface area contributed by atoms with Crippen LogP contribution < -0.4 is 4.74 Å². The first-order valence-corrected chi connectivity index (χ1v) is 9.86. The summed E-state index contributed by atoms with van der Waals surface area (Å²) in [7, 11) is 1.07. The number of aliphatic hydroxyl groups is 1. The number of aliphatic hydroxyl groups excluding tert-OH is 1. The molecule has 11 nitrogen and oxygen atoms in total. The molecule has 1 unspecified atom stereocenters. The fourth-order valence-electron chi connectivity index (χ4n) is 3.92. The van der Waals surface area contributed by atoms with Crippen LogP contribution >= 0.6 is 0 Å². The second-order valence-corrected chi connectivity index (χ2v) is 7.60. The third kappa shape index (κ3) is 6.41. The van der Waals surface area contributed by atoms with Gasteiger partial charge in [-0.05, 0) is 30.5 Å². The zero-order valence-corrected chi connectivity index (χ0v) is 17.5. The van der Waals surface area contributed by atoms with Crippen LogP contribution in [0.2, 0.25) is 0 Å². The Balaban J connectivity index is 2.46. The van der Waals surface area contributed by atoms with Gasteiger partial charge in [-0.1, -0.05) is 12.1 Å². The minimum atomic E-state index is -1.47. The summed E-state index contributed by atoms with van der Waals surface area (Å²) in [5.74, 6) is -7.81. The topological polar surface area (TPSA) is 177 Å². The molecule has 176 valence electrons. The van der Waals surface area contributed by atoms with Crippen molar-refractivity contribution in [2.24, 2.45) is 17.8 Å². The van der Waals surface area contributed by atoms with Crippen LogP contribution in [0, 0.1) is 17.8 Å². The second-order valence-electron chi connectivity index (χ2n) is 7.60. The molecule has 1 fully saturated rings. The van der Waals surface area contributed by atoms with Crippen molar-refractivity contribution < 1.29 is 53.8 Å². The maximum absolute atomic E-state index is 12.3. The van der Waals surface area contributed by atoms with E-state index in [1.165, 1.54) is 12.1 Å². The minimum Gasteiger partial charge on any atom is -0.481 e. The standard InChI is InChI=1S/C21H26O11/c1-10(22)11-3-5-12(6-4-11)31-21-15(9-18(27)28)13(7-16(23)24)14(8-17(25)26)19(32-21)20(29)30-2/h3-6,10,13-15,19,21-22H,7-9H2,1-2H3,(H,23,24)(H,25,26)(H,27,28)/t10?,13-,14-,15+,19-,21+/m0/s1. The first kappa shape index (κ1) is 25.1. The van der Waals surface area contributed by atoms with Gasteiger partial charge in [-0.25, -0.2) is 4.79 Å². The third-order valence-corrected chi connectivity index (χ3v) is 5.40. The first-order chi connectivity index (χ1) is 15.0. The van der Waals surface area contributed by atoms with E-state index in [1.54, 1.807) is 19.1 Å². The van der Waals surface area contributed by atoms with Crippen molar-refractivity contribution in [2.45, 2.75) is 44.7 Å². The number of aliphatic carboxylic acids is 3. The maximum Gasteiger partial charge on any atom is 0.335 e. The maximum atomic E-state index is 12.3. The largest absolute Gasteiger partial charge is 0.481 e. The molecule has 1 aliphatic heterocycles. The second kappa shape index (κ2) is 10.9. The molecule has 1 heterocycles. The number of esters is 1. The molecule has 0 aliphatic carbocycles. The van der Waals surface area contributed by atoms with Crippen molar-refractivity contribution in [2.75, 3.05) is 7.11 Å². The predicted molar refractivity (Wildman–Crippen MR) is 106 cm³/mol. The number of hydrogen-bond donors (Lipinski definition) is 4. The van der Waals surface area contributed by atoms with E-state index in [2.05, 4.69) is 0 Å². The van der Waals surface area contributed by atoms with Crippen LogP contribution in [0.1, 0.15) is 37.9 Å². The Bertz CT molecular complexity index is 833. The predicted octanol–water partition coefficient (Wildman–Crippen LogP) is 1.29. The molecule has 0 saturated carbocycles. The highest BCUT2D eigenvalue weighted by Crippen LogP contribution is 2.42. The van der Waals surface area contributed by atoms with Crippen molar-refractivity contribution in [3.63, 3.8) is 0 Å². The Morgan fingerprint density at radius 1 is 0.906 bits per heavy atom. The molecule has 32 heavy (non-hydrogen) atoms. The van der Waals surface area contributed by atoms with E-state index in [1.807, 2.05) is 0 Å². The molecule has 1 aromatic carbocycles. The highest BCUT2D eigenvalue weighted by molar-refractivity contribution is 5.77. The summed E-state index contributed by atoms with van der Waals surface area (Å²) < 4.78 is 16.2. The number of carboxylic acid groups (broad SMARTS) is 3. The third-order valence-electron chi connectivity index (χ3n) is 5.40. The summed E-state index contributed by atoms with van der Waals surface area (Å²) in [5.41, 5.74) is 0.599. The van der Waals surface area contributed by atoms with Crippen LogP contribution in [0.3, 0.4) is 0 Å². The first-order valence-electron chi connectivity index (χ1n) is 9.86. The quantitative estimate of drug-likeness (QED) is 0.375. The van der Waals surface area contributed by atoms with E-state index in [-0.39, 0.29) is 5.75 Å². The molecular formula is C21H26O11. The SMILES string of the molecule is COC(=O)[C@H]1O[C@@H](Oc2ccc(C(C)O)cc2)[C@H](CC(=O)O)[C@@H](CC(=O)O)[C@@H]1CC(=O)O. The molecule has 4 N–H and O–H groups in total. The molecule has 2 rings (SSSR count). The lowest BCUT2D eigenvalue weighted by atomic mass is 9.71. The van der Waals surface area contributed by atoms with Crippen LogP contribution in [0.4, 0.5) is 0 Å². The van der Waals surface area contributed by atoms with Crippen molar-refractivity contribution in [1.29, 1.82) is 0 Å². The van der Waals surface area contributed by atoms with Crippen molar-refractivity contribution in [3.8, 4) is 5.75 Å². The van der Waals surface area contributed by atoms with Crippen molar-refractivity contribution >= 4 is 23.9 Å². The van der Waals surface area contributed by atoms with Gasteiger partial charge in [-0.3, -0.25) is 14.4 Å². The molecule has 0 spiro atoms. The van der Waals surface area contributed by atoms with E-state index >= 15 is 0 Å². The number of carboxylic acids is 3. The van der Waals surface area contributed by atoms with E-state index in [9.17, 15) is 39.6 Å². The number of benzene rings is 1. The minimum absolute atomic E-state index is 0.226. The summed E-state index contributed by atoms with van der Waals surface area (Å²) in [5, 5.41) is 37.7. The highest BCUT2D eigenvalue weighted by atomic mass is 16.7. The average molecular weight is 454 g/mol. The van der Waals surface area contributed by atoms with Gasteiger partial charge < -0.3 is 34.6 Å². The van der Waals surface area contributed by atoms with Gasteiger partial charge in [-0.15, -0.1) is 0 Å². The number of ether oxygens (including phenoxy) is 3. The van der Waals surface area contributed by atoms with Crippen LogP contribution in [0.5, 0.6) is 5.75 Å². The average Bonchev–Trinajstić information content (AvgIpc) is 2.70. The van der Waals surface area contributed by atoms with Gasteiger partial charge in [0.05, 0.1) is 26.1 Å². The molecular weight excluding hydrogens is 428 g/mol. The lowest BCUT2D eigenvalue weighted by Gasteiger charge is -2.44. The fourth-order valence-corrected chi connectivity index (χ4v) is 3.92. The Morgan fingerprint density at radius 2 is 1.41 bits per heavy atom. The molecule has 0 aromatic heterocycles. The Morgan fingerprint density at radius 3 is 1.88 bits per heavy atom. The highest BCUT2D eigenvalue weighted by Gasteiger charge is 2.51. The summed E-state index contributed by atoms with van der Waals surface area (Å²) in [6, 6.07) is 6.17. The van der Waals surface area contributed by atoms with E-state index in [0.717, 1.165) is 7.11 Å². The normalized spacial score (nSPS) is 26.0. The number of hydrogen-bond acceptors (Lipinski definition) is 8. The zero-order valence-electron chi connectivity index (χ0n) is 17.5. The Hall–Kier alpha value is -3.18. The van der Waals surface area contributed by atoms with Crippen LogP contribution in [0.15, 0.2) is 24.3 Å². The smallest absolute Gasteiger partial charge is 0.335 e. The van der Waals surface area contributed by atoms with Gasteiger partial charge in [0, 0.05) is 18.3 Å². The number of carbonyl (C=O) groups is 4. The number of rotatable bonds is 10. The zero-order chi connectivity index (χ0) is 24.0. The summed E-state index contributed by atoms with van der Waals surface area (Å²) in [4.78, 5) is 46.8. The lowest BCUT2D eigenvalue weighted by molar-refractivity contribution is -0.233. The summed E-state index contributed by atoms with van der Waals surface area (Å²) in [6.45, 7) is 1.57. The molecule has 0 radical (unpaired) electrons. The molecule has 0 bridgehead atoms. The molecule has 11 heteroatoms. The number of methoxy groups -OCH3 is 1. The van der Waals surface area contributed by atoms with Gasteiger partial charge in [0.25, 0.3) is 0 Å².